The normalized spacial score (nSPS) is 16.2. The number of aryl methyl sites for hydroxylation is 1. The number of aromatic nitrogens is 3. The van der Waals surface area contributed by atoms with Gasteiger partial charge < -0.3 is 15.8 Å². The van der Waals surface area contributed by atoms with Crippen LogP contribution >= 0.6 is 0 Å². The molecular weight excluding hydrogens is 378 g/mol. The van der Waals surface area contributed by atoms with Crippen LogP contribution in [-0.2, 0) is 19.3 Å². The highest BCUT2D eigenvalue weighted by atomic mass is 19.1. The number of carboxylic acids is 1. The average Bonchev–Trinajstić information content (AvgIpc) is 3.27. The smallest absolute Gasteiger partial charge is 0.337 e. The van der Waals surface area contributed by atoms with E-state index in [2.05, 4.69) is 15.0 Å². The van der Waals surface area contributed by atoms with Crippen molar-refractivity contribution in [1.82, 2.24) is 15.0 Å². The third kappa shape index (κ3) is 3.00. The summed E-state index contributed by atoms with van der Waals surface area (Å²) in [6.45, 7) is 0. The minimum absolute atomic E-state index is 0.0884. The van der Waals surface area contributed by atoms with Crippen LogP contribution in [0, 0.1) is 11.9 Å². The molecule has 8 heteroatoms. The van der Waals surface area contributed by atoms with Crippen LogP contribution in [0.1, 0.15) is 40.0 Å². The molecular formula is C21H18F2N4O2. The fourth-order valence-corrected chi connectivity index (χ4v) is 4.08. The molecule has 0 saturated heterocycles. The lowest BCUT2D eigenvalue weighted by Gasteiger charge is -2.17. The Bertz CT molecular complexity index is 1170. The number of hydrogen-bond donors (Lipinski definition) is 3. The van der Waals surface area contributed by atoms with Crippen molar-refractivity contribution in [3.8, 4) is 22.5 Å². The largest absolute Gasteiger partial charge is 0.478 e. The van der Waals surface area contributed by atoms with Crippen LogP contribution in [0.25, 0.3) is 22.5 Å². The van der Waals surface area contributed by atoms with E-state index in [1.807, 2.05) is 0 Å². The van der Waals surface area contributed by atoms with Crippen molar-refractivity contribution in [3.05, 3.63) is 58.7 Å². The van der Waals surface area contributed by atoms with Crippen molar-refractivity contribution in [2.75, 3.05) is 0 Å². The minimum Gasteiger partial charge on any atom is -0.478 e. The molecule has 4 N–H and O–H groups in total. The summed E-state index contributed by atoms with van der Waals surface area (Å²) in [5.74, 6) is -2.82. The molecule has 0 aromatic carbocycles. The lowest BCUT2D eigenvalue weighted by atomic mass is 9.88. The summed E-state index contributed by atoms with van der Waals surface area (Å²) in [6, 6.07) is 4.08. The number of aromatic carboxylic acids is 1. The highest BCUT2D eigenvalue weighted by Crippen LogP contribution is 2.41. The van der Waals surface area contributed by atoms with Crippen molar-refractivity contribution in [1.29, 1.82) is 0 Å². The second-order valence-electron chi connectivity index (χ2n) is 7.88. The van der Waals surface area contributed by atoms with Gasteiger partial charge in [0, 0.05) is 29.4 Å². The van der Waals surface area contributed by atoms with Crippen LogP contribution in [0.5, 0.6) is 0 Å². The Balaban J connectivity index is 1.64. The lowest BCUT2D eigenvalue weighted by Crippen LogP contribution is -2.25. The molecule has 2 aliphatic rings. The van der Waals surface area contributed by atoms with Gasteiger partial charge in [0.15, 0.2) is 0 Å². The van der Waals surface area contributed by atoms with E-state index in [1.54, 1.807) is 12.3 Å². The predicted octanol–water partition coefficient (Wildman–Crippen LogP) is 3.25. The van der Waals surface area contributed by atoms with Gasteiger partial charge in [-0.15, -0.1) is 0 Å². The van der Waals surface area contributed by atoms with Gasteiger partial charge in [-0.05, 0) is 55.0 Å². The maximum atomic E-state index is 14.1. The van der Waals surface area contributed by atoms with Gasteiger partial charge in [-0.3, -0.25) is 4.98 Å². The van der Waals surface area contributed by atoms with Crippen LogP contribution in [0.4, 0.5) is 8.78 Å². The number of nitrogens with zero attached hydrogens (tertiary/aromatic N) is 2. The van der Waals surface area contributed by atoms with E-state index in [4.69, 9.17) is 5.73 Å². The molecule has 29 heavy (non-hydrogen) atoms. The number of carbonyl (C=O) groups is 1. The fraction of sp³-hybridized carbons (Fsp3) is 0.286. The lowest BCUT2D eigenvalue weighted by molar-refractivity contribution is 0.0694. The maximum absolute atomic E-state index is 14.1. The van der Waals surface area contributed by atoms with Gasteiger partial charge in [-0.1, -0.05) is 0 Å². The number of hydrogen-bond acceptors (Lipinski definition) is 4. The topological polar surface area (TPSA) is 105 Å². The predicted molar refractivity (Wildman–Crippen MR) is 101 cm³/mol. The van der Waals surface area contributed by atoms with Crippen molar-refractivity contribution in [3.63, 3.8) is 0 Å². The number of aromatic amines is 1. The molecule has 0 bridgehead atoms. The van der Waals surface area contributed by atoms with Gasteiger partial charge in [-0.25, -0.2) is 4.79 Å². The van der Waals surface area contributed by atoms with E-state index < -0.39 is 17.9 Å². The van der Waals surface area contributed by atoms with Crippen molar-refractivity contribution >= 4 is 5.97 Å². The molecule has 148 valence electrons. The molecule has 6 nitrogen and oxygen atoms in total. The molecule has 0 amide bonds. The number of nitrogens with two attached hydrogens (primary N) is 1. The Hall–Kier alpha value is -3.13. The zero-order valence-electron chi connectivity index (χ0n) is 15.4. The molecule has 0 aliphatic heterocycles. The number of halogens is 2. The van der Waals surface area contributed by atoms with E-state index in [1.165, 1.54) is 6.07 Å². The summed E-state index contributed by atoms with van der Waals surface area (Å²) in [7, 11) is 0. The van der Waals surface area contributed by atoms with Gasteiger partial charge in [0.2, 0.25) is 11.9 Å². The third-order valence-electron chi connectivity index (χ3n) is 5.81. The number of H-pyrrole nitrogens is 1. The first-order valence-electron chi connectivity index (χ1n) is 9.42. The van der Waals surface area contributed by atoms with Gasteiger partial charge in [0.05, 0.1) is 22.5 Å². The summed E-state index contributed by atoms with van der Waals surface area (Å²) in [6.07, 6.45) is 5.08. The molecule has 1 fully saturated rings. The Kier molecular flexibility index (Phi) is 3.82. The highest BCUT2D eigenvalue weighted by Gasteiger charge is 2.40. The van der Waals surface area contributed by atoms with Crippen molar-refractivity contribution < 1.29 is 18.7 Å². The molecule has 0 spiro atoms. The zero-order valence-corrected chi connectivity index (χ0v) is 15.4. The van der Waals surface area contributed by atoms with Gasteiger partial charge >= 0.3 is 5.97 Å². The quantitative estimate of drug-likeness (QED) is 0.587. The number of carboxylic acid groups (broad SMARTS) is 1. The van der Waals surface area contributed by atoms with E-state index in [0.717, 1.165) is 35.6 Å². The highest BCUT2D eigenvalue weighted by molar-refractivity contribution is 5.95. The summed E-state index contributed by atoms with van der Waals surface area (Å²) < 4.78 is 27.3. The number of pyridine rings is 2. The molecule has 2 aliphatic carbocycles. The average molecular weight is 396 g/mol. The van der Waals surface area contributed by atoms with Gasteiger partial charge in [-0.2, -0.15) is 13.8 Å². The molecule has 0 unspecified atom stereocenters. The zero-order chi connectivity index (χ0) is 20.3. The molecule has 0 atom stereocenters. The van der Waals surface area contributed by atoms with Gasteiger partial charge in [0.1, 0.15) is 0 Å². The van der Waals surface area contributed by atoms with E-state index in [0.29, 0.717) is 36.3 Å². The first-order valence-corrected chi connectivity index (χ1v) is 9.42. The fourth-order valence-electron chi connectivity index (χ4n) is 4.08. The van der Waals surface area contributed by atoms with Crippen molar-refractivity contribution in [2.24, 2.45) is 5.73 Å². The number of nitrogens with one attached hydrogen (secondary N) is 1. The van der Waals surface area contributed by atoms with Crippen molar-refractivity contribution in [2.45, 2.75) is 37.6 Å². The monoisotopic (exact) mass is 396 g/mol. The Morgan fingerprint density at radius 2 is 2.03 bits per heavy atom. The maximum Gasteiger partial charge on any atom is 0.337 e. The summed E-state index contributed by atoms with van der Waals surface area (Å²) in [4.78, 5) is 22.8. The summed E-state index contributed by atoms with van der Waals surface area (Å²) in [5, 5.41) is 9.80. The van der Waals surface area contributed by atoms with Gasteiger partial charge in [0.25, 0.3) is 0 Å². The van der Waals surface area contributed by atoms with E-state index in [9.17, 15) is 18.7 Å². The van der Waals surface area contributed by atoms with Crippen LogP contribution in [0.3, 0.4) is 0 Å². The van der Waals surface area contributed by atoms with E-state index >= 15 is 0 Å². The van der Waals surface area contributed by atoms with Crippen LogP contribution < -0.4 is 5.73 Å². The first kappa shape index (κ1) is 17.9. The second-order valence-corrected chi connectivity index (χ2v) is 7.88. The summed E-state index contributed by atoms with van der Waals surface area (Å²) >= 11 is 0. The summed E-state index contributed by atoms with van der Waals surface area (Å²) in [5.41, 5.74) is 10.4. The van der Waals surface area contributed by atoms with Crippen LogP contribution in [0.2, 0.25) is 0 Å². The van der Waals surface area contributed by atoms with Crippen LogP contribution in [0.15, 0.2) is 24.4 Å². The number of fused-ring (bicyclic) bond motifs is 3. The molecule has 0 radical (unpaired) electrons. The third-order valence-corrected chi connectivity index (χ3v) is 5.81. The molecule has 1 saturated carbocycles. The molecule has 5 rings (SSSR count). The number of rotatable bonds is 4. The second kappa shape index (κ2) is 6.18. The van der Waals surface area contributed by atoms with E-state index in [-0.39, 0.29) is 16.7 Å². The SMILES string of the molecule is NC1(Cc2[nH]c3c(c2C(=O)O)CCc2cnc(-c4ccc(F)nc4F)cc2-3)CC1. The Morgan fingerprint density at radius 3 is 2.72 bits per heavy atom. The molecule has 3 aromatic rings. The molecule has 3 heterocycles. The Labute approximate surface area is 164 Å². The Morgan fingerprint density at radius 1 is 1.24 bits per heavy atom. The minimum atomic E-state index is -0.978. The standard InChI is InChI=1S/C21H18F2N4O2/c22-16-4-3-11(19(23)27-16)14-7-13-10(9-25-14)1-2-12-17(20(28)29)15(26-18(12)13)8-21(24)5-6-21/h3-4,7,9,26H,1-2,5-6,8,24H2,(H,28,29). The molecule has 3 aromatic heterocycles. The first-order chi connectivity index (χ1) is 13.8. The van der Waals surface area contributed by atoms with Crippen LogP contribution in [-0.4, -0.2) is 31.6 Å².